The van der Waals surface area contributed by atoms with Crippen LogP contribution in [0.5, 0.6) is 0 Å². The van der Waals surface area contributed by atoms with E-state index in [1.807, 2.05) is 12.3 Å². The minimum Gasteiger partial charge on any atom is -0.298 e. The monoisotopic (exact) mass is 349 g/mol. The molecular formula is C22H24FN3. The molecule has 1 fully saturated rings. The summed E-state index contributed by atoms with van der Waals surface area (Å²) >= 11 is 0. The molecule has 3 aromatic rings. The second kappa shape index (κ2) is 7.42. The van der Waals surface area contributed by atoms with E-state index >= 15 is 0 Å². The fourth-order valence-corrected chi connectivity index (χ4v) is 4.00. The zero-order valence-corrected chi connectivity index (χ0v) is 15.1. The fourth-order valence-electron chi connectivity index (χ4n) is 4.00. The van der Waals surface area contributed by atoms with Crippen molar-refractivity contribution in [2.24, 2.45) is 0 Å². The molecule has 0 spiro atoms. The Morgan fingerprint density at radius 2 is 2.08 bits per heavy atom. The summed E-state index contributed by atoms with van der Waals surface area (Å²) in [5.74, 6) is 0.189. The maximum absolute atomic E-state index is 13.6. The molecule has 0 unspecified atom stereocenters. The van der Waals surface area contributed by atoms with E-state index in [0.29, 0.717) is 5.92 Å². The summed E-state index contributed by atoms with van der Waals surface area (Å²) in [6.07, 6.45) is 4.12. The van der Waals surface area contributed by atoms with Gasteiger partial charge in [-0.3, -0.25) is 10.00 Å². The van der Waals surface area contributed by atoms with Crippen molar-refractivity contribution in [2.45, 2.75) is 32.2 Å². The summed E-state index contributed by atoms with van der Waals surface area (Å²) in [5, 5.41) is 7.45. The van der Waals surface area contributed by atoms with Gasteiger partial charge in [-0.05, 0) is 49.6 Å². The van der Waals surface area contributed by atoms with Crippen LogP contribution in [0, 0.1) is 12.7 Å². The van der Waals surface area contributed by atoms with E-state index in [9.17, 15) is 4.39 Å². The van der Waals surface area contributed by atoms with Gasteiger partial charge in [0.2, 0.25) is 0 Å². The normalized spacial score (nSPS) is 18.2. The largest absolute Gasteiger partial charge is 0.298 e. The Bertz CT molecular complexity index is 886. The van der Waals surface area contributed by atoms with Gasteiger partial charge in [0.15, 0.2) is 0 Å². The van der Waals surface area contributed by atoms with Crippen molar-refractivity contribution < 1.29 is 4.39 Å². The first kappa shape index (κ1) is 17.0. The van der Waals surface area contributed by atoms with Crippen molar-refractivity contribution in [3.05, 3.63) is 77.4 Å². The Morgan fingerprint density at radius 3 is 2.92 bits per heavy atom. The van der Waals surface area contributed by atoms with E-state index < -0.39 is 0 Å². The molecule has 1 saturated heterocycles. The molecule has 1 aliphatic heterocycles. The maximum atomic E-state index is 13.6. The minimum absolute atomic E-state index is 0.209. The lowest BCUT2D eigenvalue weighted by molar-refractivity contribution is 0.198. The number of halogens is 1. The number of benzene rings is 2. The lowest BCUT2D eigenvalue weighted by Gasteiger charge is -2.32. The Labute approximate surface area is 153 Å². The van der Waals surface area contributed by atoms with Crippen LogP contribution in [0.3, 0.4) is 0 Å². The van der Waals surface area contributed by atoms with Crippen LogP contribution in [0.1, 0.15) is 35.6 Å². The molecule has 0 radical (unpaired) electrons. The van der Waals surface area contributed by atoms with E-state index in [1.165, 1.54) is 17.2 Å². The molecule has 1 aromatic heterocycles. The van der Waals surface area contributed by atoms with Crippen LogP contribution in [0.25, 0.3) is 11.1 Å². The Hall–Kier alpha value is -2.46. The highest BCUT2D eigenvalue weighted by molar-refractivity contribution is 5.65. The highest BCUT2D eigenvalue weighted by atomic mass is 19.1. The van der Waals surface area contributed by atoms with E-state index in [0.717, 1.165) is 49.3 Å². The summed E-state index contributed by atoms with van der Waals surface area (Å²) in [4.78, 5) is 2.51. The smallest absolute Gasteiger partial charge is 0.123 e. The average Bonchev–Trinajstić information content (AvgIpc) is 3.12. The number of aryl methyl sites for hydroxylation is 1. The Morgan fingerprint density at radius 1 is 1.19 bits per heavy atom. The molecule has 1 N–H and O–H groups in total. The molecule has 4 rings (SSSR count). The minimum atomic E-state index is -0.209. The summed E-state index contributed by atoms with van der Waals surface area (Å²) < 4.78 is 13.6. The SMILES string of the molecule is Cc1cccc(CN2CCC[C@H](c3[nH]ncc3-c3cccc(F)c3)C2)c1. The van der Waals surface area contributed by atoms with Gasteiger partial charge in [0.05, 0.1) is 6.20 Å². The summed E-state index contributed by atoms with van der Waals surface area (Å²) in [7, 11) is 0. The van der Waals surface area contributed by atoms with Crippen molar-refractivity contribution in [1.29, 1.82) is 0 Å². The average molecular weight is 349 g/mol. The van der Waals surface area contributed by atoms with Gasteiger partial charge < -0.3 is 0 Å². The van der Waals surface area contributed by atoms with Crippen LogP contribution in [0.2, 0.25) is 0 Å². The third-order valence-electron chi connectivity index (χ3n) is 5.21. The molecule has 1 atom stereocenters. The second-order valence-corrected chi connectivity index (χ2v) is 7.27. The Balaban J connectivity index is 1.53. The number of rotatable bonds is 4. The first-order valence-electron chi connectivity index (χ1n) is 9.26. The fraction of sp³-hybridized carbons (Fsp3) is 0.318. The van der Waals surface area contributed by atoms with Crippen LogP contribution in [0.15, 0.2) is 54.7 Å². The third kappa shape index (κ3) is 3.70. The van der Waals surface area contributed by atoms with Gasteiger partial charge in [-0.2, -0.15) is 5.10 Å². The summed E-state index contributed by atoms with van der Waals surface area (Å²) in [6, 6.07) is 15.5. The van der Waals surface area contributed by atoms with E-state index in [-0.39, 0.29) is 5.82 Å². The first-order chi connectivity index (χ1) is 12.7. The van der Waals surface area contributed by atoms with Crippen molar-refractivity contribution in [3.63, 3.8) is 0 Å². The molecule has 1 aliphatic rings. The Kier molecular flexibility index (Phi) is 4.85. The van der Waals surface area contributed by atoms with Crippen LogP contribution in [-0.2, 0) is 6.54 Å². The third-order valence-corrected chi connectivity index (χ3v) is 5.21. The highest BCUT2D eigenvalue weighted by Gasteiger charge is 2.25. The summed E-state index contributed by atoms with van der Waals surface area (Å²) in [5.41, 5.74) is 5.71. The number of aromatic nitrogens is 2. The van der Waals surface area contributed by atoms with Crippen molar-refractivity contribution in [2.75, 3.05) is 13.1 Å². The molecule has 0 aliphatic carbocycles. The van der Waals surface area contributed by atoms with Gasteiger partial charge in [0.1, 0.15) is 5.82 Å². The molecule has 2 heterocycles. The molecule has 3 nitrogen and oxygen atoms in total. The zero-order valence-electron chi connectivity index (χ0n) is 15.1. The number of hydrogen-bond donors (Lipinski definition) is 1. The molecule has 0 bridgehead atoms. The molecular weight excluding hydrogens is 325 g/mol. The van der Waals surface area contributed by atoms with Crippen LogP contribution in [0.4, 0.5) is 4.39 Å². The molecule has 2 aromatic carbocycles. The van der Waals surface area contributed by atoms with Gasteiger partial charge in [-0.15, -0.1) is 0 Å². The number of H-pyrrole nitrogens is 1. The number of likely N-dealkylation sites (tertiary alicyclic amines) is 1. The highest BCUT2D eigenvalue weighted by Crippen LogP contribution is 2.33. The number of hydrogen-bond acceptors (Lipinski definition) is 2. The number of nitrogens with one attached hydrogen (secondary N) is 1. The molecule has 26 heavy (non-hydrogen) atoms. The lowest BCUT2D eigenvalue weighted by atomic mass is 9.90. The van der Waals surface area contributed by atoms with Gasteiger partial charge in [0.25, 0.3) is 0 Å². The number of aromatic amines is 1. The van der Waals surface area contributed by atoms with Crippen molar-refractivity contribution in [3.8, 4) is 11.1 Å². The predicted molar refractivity (Wildman–Crippen MR) is 102 cm³/mol. The first-order valence-corrected chi connectivity index (χ1v) is 9.26. The van der Waals surface area contributed by atoms with Gasteiger partial charge in [-0.25, -0.2) is 4.39 Å². The van der Waals surface area contributed by atoms with Crippen LogP contribution < -0.4 is 0 Å². The van der Waals surface area contributed by atoms with Gasteiger partial charge in [0, 0.05) is 30.3 Å². The van der Waals surface area contributed by atoms with Crippen molar-refractivity contribution in [1.82, 2.24) is 15.1 Å². The van der Waals surface area contributed by atoms with Gasteiger partial charge in [-0.1, -0.05) is 42.0 Å². The quantitative estimate of drug-likeness (QED) is 0.726. The zero-order chi connectivity index (χ0) is 17.9. The predicted octanol–water partition coefficient (Wildman–Crippen LogP) is 4.90. The molecule has 0 saturated carbocycles. The lowest BCUT2D eigenvalue weighted by Crippen LogP contribution is -2.34. The van der Waals surface area contributed by atoms with E-state index in [1.54, 1.807) is 12.1 Å². The van der Waals surface area contributed by atoms with E-state index in [4.69, 9.17) is 0 Å². The molecule has 134 valence electrons. The summed E-state index contributed by atoms with van der Waals surface area (Å²) in [6.45, 7) is 5.23. The molecule has 4 heteroatoms. The molecule has 0 amide bonds. The standard InChI is InChI=1S/C22H24FN3/c1-16-5-2-6-17(11-16)14-26-10-4-8-19(15-26)22-21(13-24-25-22)18-7-3-9-20(23)12-18/h2-3,5-7,9,11-13,19H,4,8,10,14-15H2,1H3,(H,24,25)/t19-/m0/s1. The number of piperidine rings is 1. The van der Waals surface area contributed by atoms with Crippen LogP contribution in [-0.4, -0.2) is 28.2 Å². The van der Waals surface area contributed by atoms with E-state index in [2.05, 4.69) is 46.3 Å². The number of nitrogens with zero attached hydrogens (tertiary/aromatic N) is 2. The second-order valence-electron chi connectivity index (χ2n) is 7.27. The van der Waals surface area contributed by atoms with Crippen LogP contribution >= 0.6 is 0 Å². The topological polar surface area (TPSA) is 31.9 Å². The van der Waals surface area contributed by atoms with Gasteiger partial charge >= 0.3 is 0 Å². The maximum Gasteiger partial charge on any atom is 0.123 e. The van der Waals surface area contributed by atoms with Crippen molar-refractivity contribution >= 4 is 0 Å².